The fraction of sp³-hybridized carbons (Fsp3) is 0.889. The maximum absolute atomic E-state index is 12.5. The van der Waals surface area contributed by atoms with Gasteiger partial charge in [0.15, 0.2) is 0 Å². The summed E-state index contributed by atoms with van der Waals surface area (Å²) in [6.07, 6.45) is 1.15. The maximum atomic E-state index is 12.5. The van der Waals surface area contributed by atoms with Crippen LogP contribution in [0, 0.1) is 0 Å². The molecule has 0 aromatic carbocycles. The van der Waals surface area contributed by atoms with Crippen LogP contribution in [0.5, 0.6) is 0 Å². The molecule has 6 nitrogen and oxygen atoms in total. The lowest BCUT2D eigenvalue weighted by Crippen LogP contribution is -2.40. The van der Waals surface area contributed by atoms with E-state index in [1.807, 2.05) is 41.5 Å². The fourth-order valence-electron chi connectivity index (χ4n) is 2.79. The second kappa shape index (κ2) is 8.19. The van der Waals surface area contributed by atoms with Crippen LogP contribution in [0.25, 0.3) is 0 Å². The Hall–Kier alpha value is -1.30. The Morgan fingerprint density at radius 1 is 1.08 bits per heavy atom. The van der Waals surface area contributed by atoms with Gasteiger partial charge in [-0.05, 0) is 61.3 Å². The number of nitrogens with zero attached hydrogens (tertiary/aromatic N) is 1. The standard InChI is InChI=1S/C18H33NO5/c1-8-22-15(20)10-9-13-11-14(23-17(2,3)4)12-19(13)16(21)24-18(5,6)7/h13-14H,8-12H2,1-7H3/t13-,14-/m1/s1. The van der Waals surface area contributed by atoms with Crippen molar-refractivity contribution in [3.63, 3.8) is 0 Å². The minimum absolute atomic E-state index is 0.0512. The van der Waals surface area contributed by atoms with Gasteiger partial charge in [-0.1, -0.05) is 0 Å². The number of carbonyl (C=O) groups is 2. The van der Waals surface area contributed by atoms with Gasteiger partial charge >= 0.3 is 12.1 Å². The first kappa shape index (κ1) is 20.7. The zero-order valence-corrected chi connectivity index (χ0v) is 16.2. The van der Waals surface area contributed by atoms with Crippen molar-refractivity contribution >= 4 is 12.1 Å². The molecule has 1 heterocycles. The largest absolute Gasteiger partial charge is 0.466 e. The fourth-order valence-corrected chi connectivity index (χ4v) is 2.79. The molecule has 1 amide bonds. The number of rotatable bonds is 5. The van der Waals surface area contributed by atoms with E-state index in [1.165, 1.54) is 0 Å². The molecule has 6 heteroatoms. The number of amides is 1. The summed E-state index contributed by atoms with van der Waals surface area (Å²) in [5.41, 5.74) is -0.827. The van der Waals surface area contributed by atoms with Gasteiger partial charge in [-0.25, -0.2) is 4.79 Å². The maximum Gasteiger partial charge on any atom is 0.410 e. The van der Waals surface area contributed by atoms with Crippen molar-refractivity contribution in [1.82, 2.24) is 4.90 Å². The summed E-state index contributed by atoms with van der Waals surface area (Å²) in [5.74, 6) is -0.234. The molecule has 0 radical (unpaired) electrons. The summed E-state index contributed by atoms with van der Waals surface area (Å²) in [7, 11) is 0. The molecule has 0 unspecified atom stereocenters. The quantitative estimate of drug-likeness (QED) is 0.715. The first-order valence-corrected chi connectivity index (χ1v) is 8.74. The molecule has 1 fully saturated rings. The summed E-state index contributed by atoms with van der Waals surface area (Å²) in [5, 5.41) is 0. The number of ether oxygens (including phenoxy) is 3. The number of hydrogen-bond acceptors (Lipinski definition) is 5. The van der Waals surface area contributed by atoms with Crippen molar-refractivity contribution in [1.29, 1.82) is 0 Å². The van der Waals surface area contributed by atoms with Gasteiger partial charge in [-0.3, -0.25) is 4.79 Å². The van der Waals surface area contributed by atoms with Crippen LogP contribution < -0.4 is 0 Å². The minimum Gasteiger partial charge on any atom is -0.466 e. The Bertz CT molecular complexity index is 436. The Kier molecular flexibility index (Phi) is 7.08. The van der Waals surface area contributed by atoms with Crippen LogP contribution in [0.3, 0.4) is 0 Å². The zero-order chi connectivity index (χ0) is 18.5. The van der Waals surface area contributed by atoms with E-state index in [-0.39, 0.29) is 29.8 Å². The molecule has 0 saturated carbocycles. The Balaban J connectivity index is 2.73. The average molecular weight is 343 g/mol. The third-order valence-electron chi connectivity index (χ3n) is 3.51. The van der Waals surface area contributed by atoms with Gasteiger partial charge in [0.05, 0.1) is 24.9 Å². The molecule has 0 spiro atoms. The third-order valence-corrected chi connectivity index (χ3v) is 3.51. The van der Waals surface area contributed by atoms with Crippen molar-refractivity contribution in [2.75, 3.05) is 13.2 Å². The van der Waals surface area contributed by atoms with E-state index in [2.05, 4.69) is 0 Å². The van der Waals surface area contributed by atoms with Gasteiger partial charge in [0.1, 0.15) is 5.60 Å². The molecule has 0 aromatic heterocycles. The molecule has 0 aliphatic carbocycles. The van der Waals surface area contributed by atoms with Crippen molar-refractivity contribution in [2.24, 2.45) is 0 Å². The monoisotopic (exact) mass is 343 g/mol. The van der Waals surface area contributed by atoms with E-state index >= 15 is 0 Å². The third kappa shape index (κ3) is 7.51. The highest BCUT2D eigenvalue weighted by molar-refractivity contribution is 5.70. The average Bonchev–Trinajstić information content (AvgIpc) is 2.75. The van der Waals surface area contributed by atoms with Gasteiger partial charge in [-0.15, -0.1) is 0 Å². The van der Waals surface area contributed by atoms with Gasteiger partial charge < -0.3 is 19.1 Å². The van der Waals surface area contributed by atoms with E-state index in [4.69, 9.17) is 14.2 Å². The van der Waals surface area contributed by atoms with E-state index < -0.39 is 5.60 Å². The highest BCUT2D eigenvalue weighted by Crippen LogP contribution is 2.28. The summed E-state index contributed by atoms with van der Waals surface area (Å²) in [6.45, 7) is 14.2. The zero-order valence-electron chi connectivity index (χ0n) is 16.2. The first-order chi connectivity index (χ1) is 10.9. The Morgan fingerprint density at radius 2 is 1.71 bits per heavy atom. The number of carbonyl (C=O) groups excluding carboxylic acids is 2. The molecule has 1 saturated heterocycles. The predicted octanol–water partition coefficient (Wildman–Crippen LogP) is 3.52. The molecule has 140 valence electrons. The van der Waals surface area contributed by atoms with Crippen LogP contribution in [0.1, 0.15) is 67.7 Å². The molecule has 2 atom stereocenters. The Labute approximate surface area is 145 Å². The van der Waals surface area contributed by atoms with Crippen LogP contribution >= 0.6 is 0 Å². The van der Waals surface area contributed by atoms with Crippen LogP contribution in [-0.4, -0.2) is 53.5 Å². The van der Waals surface area contributed by atoms with Crippen molar-refractivity contribution in [3.05, 3.63) is 0 Å². The van der Waals surface area contributed by atoms with Crippen molar-refractivity contribution in [2.45, 2.75) is 91.1 Å². The Morgan fingerprint density at radius 3 is 2.21 bits per heavy atom. The topological polar surface area (TPSA) is 65.1 Å². The van der Waals surface area contributed by atoms with E-state index in [0.29, 0.717) is 32.4 Å². The van der Waals surface area contributed by atoms with Crippen LogP contribution in [0.4, 0.5) is 4.79 Å². The lowest BCUT2D eigenvalue weighted by molar-refractivity contribution is -0.143. The van der Waals surface area contributed by atoms with Crippen LogP contribution in [0.15, 0.2) is 0 Å². The summed E-state index contributed by atoms with van der Waals surface area (Å²) >= 11 is 0. The first-order valence-electron chi connectivity index (χ1n) is 8.74. The van der Waals surface area contributed by atoms with Gasteiger partial charge in [0, 0.05) is 12.5 Å². The van der Waals surface area contributed by atoms with E-state index in [1.54, 1.807) is 11.8 Å². The molecule has 0 bridgehead atoms. The summed E-state index contributed by atoms with van der Waals surface area (Å²) in [6, 6.07) is -0.0726. The number of likely N-dealkylation sites (tertiary alicyclic amines) is 1. The van der Waals surface area contributed by atoms with Gasteiger partial charge in [-0.2, -0.15) is 0 Å². The van der Waals surface area contributed by atoms with Crippen molar-refractivity contribution in [3.8, 4) is 0 Å². The van der Waals surface area contributed by atoms with E-state index in [0.717, 1.165) is 0 Å². The SMILES string of the molecule is CCOC(=O)CC[C@@H]1C[C@@H](OC(C)(C)C)CN1C(=O)OC(C)(C)C. The molecular weight excluding hydrogens is 310 g/mol. The highest BCUT2D eigenvalue weighted by atomic mass is 16.6. The number of esters is 1. The molecule has 1 aliphatic rings. The van der Waals surface area contributed by atoms with E-state index in [9.17, 15) is 9.59 Å². The van der Waals surface area contributed by atoms with Gasteiger partial charge in [0.2, 0.25) is 0 Å². The minimum atomic E-state index is -0.550. The van der Waals surface area contributed by atoms with Crippen LogP contribution in [-0.2, 0) is 19.0 Å². The molecule has 0 N–H and O–H groups in total. The van der Waals surface area contributed by atoms with Gasteiger partial charge in [0.25, 0.3) is 0 Å². The lowest BCUT2D eigenvalue weighted by atomic mass is 10.1. The lowest BCUT2D eigenvalue weighted by Gasteiger charge is -2.28. The van der Waals surface area contributed by atoms with Crippen molar-refractivity contribution < 1.29 is 23.8 Å². The second-order valence-electron chi connectivity index (χ2n) is 8.22. The molecule has 0 aromatic rings. The summed E-state index contributed by atoms with van der Waals surface area (Å²) in [4.78, 5) is 25.8. The molecule has 1 rings (SSSR count). The van der Waals surface area contributed by atoms with Crippen LogP contribution in [0.2, 0.25) is 0 Å². The predicted molar refractivity (Wildman–Crippen MR) is 91.8 cm³/mol. The molecule has 1 aliphatic heterocycles. The highest BCUT2D eigenvalue weighted by Gasteiger charge is 2.39. The number of hydrogen-bond donors (Lipinski definition) is 0. The normalized spacial score (nSPS) is 21.7. The summed E-state index contributed by atoms with van der Waals surface area (Å²) < 4.78 is 16.5. The smallest absolute Gasteiger partial charge is 0.410 e. The molecule has 24 heavy (non-hydrogen) atoms. The molecular formula is C18H33NO5. The second-order valence-corrected chi connectivity index (χ2v) is 8.22.